The molecule has 0 radical (unpaired) electrons. The number of rotatable bonds is 6. The van der Waals surface area contributed by atoms with Gasteiger partial charge in [0.25, 0.3) is 5.69 Å². The van der Waals surface area contributed by atoms with Gasteiger partial charge in [-0.2, -0.15) is 5.26 Å². The molecule has 9 heteroatoms. The average molecular weight is 400 g/mol. The van der Waals surface area contributed by atoms with Crippen LogP contribution in [-0.4, -0.2) is 19.7 Å². The molecule has 0 aliphatic heterocycles. The molecule has 1 aromatic heterocycles. The minimum Gasteiger partial charge on any atom is -0.302 e. The van der Waals surface area contributed by atoms with Crippen LogP contribution in [0, 0.1) is 21.4 Å². The maximum Gasteiger partial charge on any atom is 0.288 e. The normalized spacial score (nSPS) is 10.6. The van der Waals surface area contributed by atoms with Crippen LogP contribution in [0.2, 0.25) is 5.02 Å². The topological polar surface area (TPSA) is 97.6 Å². The molecule has 136 valence electrons. The zero-order chi connectivity index (χ0) is 19.4. The fourth-order valence-electron chi connectivity index (χ4n) is 2.53. The molecule has 0 aliphatic carbocycles. The van der Waals surface area contributed by atoms with Crippen molar-refractivity contribution in [2.45, 2.75) is 29.9 Å². The Balaban J connectivity index is 1.98. The van der Waals surface area contributed by atoms with E-state index >= 15 is 0 Å². The van der Waals surface area contributed by atoms with Gasteiger partial charge in [0.15, 0.2) is 11.0 Å². The van der Waals surface area contributed by atoms with Gasteiger partial charge in [-0.3, -0.25) is 10.1 Å². The van der Waals surface area contributed by atoms with E-state index in [1.54, 1.807) is 18.2 Å². The zero-order valence-electron chi connectivity index (χ0n) is 14.3. The van der Waals surface area contributed by atoms with E-state index in [1.807, 2.05) is 29.7 Å². The smallest absolute Gasteiger partial charge is 0.288 e. The summed E-state index contributed by atoms with van der Waals surface area (Å²) in [6, 6.07) is 13.7. The Morgan fingerprint density at radius 1 is 1.26 bits per heavy atom. The number of hydrogen-bond acceptors (Lipinski definition) is 6. The third-order valence-corrected chi connectivity index (χ3v) is 4.99. The highest BCUT2D eigenvalue weighted by molar-refractivity contribution is 7.99. The molecule has 3 rings (SSSR count). The maximum atomic E-state index is 11.2. The van der Waals surface area contributed by atoms with Crippen molar-refractivity contribution in [2.24, 2.45) is 0 Å². The summed E-state index contributed by atoms with van der Waals surface area (Å²) in [5, 5.41) is 30.0. The summed E-state index contributed by atoms with van der Waals surface area (Å²) >= 11 is 7.23. The van der Waals surface area contributed by atoms with E-state index in [1.165, 1.54) is 23.9 Å². The van der Waals surface area contributed by atoms with E-state index in [0.29, 0.717) is 27.4 Å². The predicted molar refractivity (Wildman–Crippen MR) is 103 cm³/mol. The molecular weight excluding hydrogens is 386 g/mol. The van der Waals surface area contributed by atoms with Gasteiger partial charge in [0, 0.05) is 28.1 Å². The lowest BCUT2D eigenvalue weighted by molar-refractivity contribution is -0.385. The highest BCUT2D eigenvalue weighted by atomic mass is 35.5. The van der Waals surface area contributed by atoms with Crippen molar-refractivity contribution >= 4 is 29.1 Å². The van der Waals surface area contributed by atoms with Gasteiger partial charge < -0.3 is 4.57 Å². The van der Waals surface area contributed by atoms with Crippen molar-refractivity contribution in [3.05, 3.63) is 63.2 Å². The number of halogens is 1. The molecule has 1 heterocycles. The van der Waals surface area contributed by atoms with Crippen LogP contribution in [0.25, 0.3) is 11.4 Å². The van der Waals surface area contributed by atoms with Crippen molar-refractivity contribution in [1.29, 1.82) is 5.26 Å². The summed E-state index contributed by atoms with van der Waals surface area (Å²) in [4.78, 5) is 11.2. The van der Waals surface area contributed by atoms with Crippen LogP contribution < -0.4 is 0 Å². The van der Waals surface area contributed by atoms with Crippen LogP contribution in [0.5, 0.6) is 0 Å². The standard InChI is InChI=1S/C18H14ClN5O2S/c1-2-9-23-17(12-3-6-14(19)7-4-12)21-22-18(23)27-15-8-5-13(11-20)16(10-15)24(25)26/h3-8,10H,2,9H2,1H3. The summed E-state index contributed by atoms with van der Waals surface area (Å²) < 4.78 is 1.97. The first-order valence-corrected chi connectivity index (χ1v) is 9.28. The third-order valence-electron chi connectivity index (χ3n) is 3.76. The molecule has 0 fully saturated rings. The van der Waals surface area contributed by atoms with Gasteiger partial charge in [0.2, 0.25) is 0 Å². The maximum absolute atomic E-state index is 11.2. The van der Waals surface area contributed by atoms with E-state index in [-0.39, 0.29) is 11.3 Å². The minimum atomic E-state index is -0.557. The van der Waals surface area contributed by atoms with Crippen molar-refractivity contribution in [1.82, 2.24) is 14.8 Å². The Morgan fingerprint density at radius 2 is 2.00 bits per heavy atom. The molecule has 3 aromatic rings. The first kappa shape index (κ1) is 18.9. The average Bonchev–Trinajstić information content (AvgIpc) is 3.05. The van der Waals surface area contributed by atoms with E-state index in [0.717, 1.165) is 12.0 Å². The SMILES string of the molecule is CCCn1c(Sc2ccc(C#N)c([N+](=O)[O-])c2)nnc1-c1ccc(Cl)cc1. The summed E-state index contributed by atoms with van der Waals surface area (Å²) in [6.45, 7) is 2.75. The third kappa shape index (κ3) is 4.10. The second-order valence-electron chi connectivity index (χ2n) is 5.61. The number of aromatic nitrogens is 3. The highest BCUT2D eigenvalue weighted by Gasteiger charge is 2.18. The fourth-order valence-corrected chi connectivity index (χ4v) is 3.54. The van der Waals surface area contributed by atoms with Crippen LogP contribution in [0.15, 0.2) is 52.5 Å². The molecular formula is C18H14ClN5O2S. The first-order chi connectivity index (χ1) is 13.0. The summed E-state index contributed by atoms with van der Waals surface area (Å²) in [6.07, 6.45) is 0.875. The molecule has 0 saturated carbocycles. The van der Waals surface area contributed by atoms with Gasteiger partial charge in [-0.25, -0.2) is 0 Å². The van der Waals surface area contributed by atoms with Crippen molar-refractivity contribution in [3.8, 4) is 17.5 Å². The van der Waals surface area contributed by atoms with Crippen molar-refractivity contribution in [3.63, 3.8) is 0 Å². The van der Waals surface area contributed by atoms with E-state index in [4.69, 9.17) is 16.9 Å². The van der Waals surface area contributed by atoms with Crippen molar-refractivity contribution < 1.29 is 4.92 Å². The Kier molecular flexibility index (Phi) is 5.74. The number of nitro benzene ring substituents is 1. The quantitative estimate of drug-likeness (QED) is 0.430. The number of nitro groups is 1. The van der Waals surface area contributed by atoms with Crippen LogP contribution >= 0.6 is 23.4 Å². The summed E-state index contributed by atoms with van der Waals surface area (Å²) in [5.41, 5.74) is 0.696. The molecule has 0 N–H and O–H groups in total. The van der Waals surface area contributed by atoms with E-state index in [2.05, 4.69) is 10.2 Å². The van der Waals surface area contributed by atoms with Gasteiger partial charge in [-0.15, -0.1) is 10.2 Å². The molecule has 0 amide bonds. The minimum absolute atomic E-state index is 0.0289. The molecule has 7 nitrogen and oxygen atoms in total. The lowest BCUT2D eigenvalue weighted by Gasteiger charge is -2.09. The summed E-state index contributed by atoms with van der Waals surface area (Å²) in [5.74, 6) is 0.708. The summed E-state index contributed by atoms with van der Waals surface area (Å²) in [7, 11) is 0. The van der Waals surface area contributed by atoms with E-state index < -0.39 is 4.92 Å². The Bertz CT molecular complexity index is 1030. The predicted octanol–water partition coefficient (Wildman–Crippen LogP) is 4.94. The first-order valence-electron chi connectivity index (χ1n) is 8.09. The monoisotopic (exact) mass is 399 g/mol. The van der Waals surface area contributed by atoms with Crippen molar-refractivity contribution in [2.75, 3.05) is 0 Å². The highest BCUT2D eigenvalue weighted by Crippen LogP contribution is 2.33. The Morgan fingerprint density at radius 3 is 2.63 bits per heavy atom. The molecule has 2 aromatic carbocycles. The van der Waals surface area contributed by atoms with Crippen LogP contribution in [0.4, 0.5) is 5.69 Å². The molecule has 0 saturated heterocycles. The van der Waals surface area contributed by atoms with Gasteiger partial charge in [-0.1, -0.05) is 18.5 Å². The number of nitriles is 1. The lowest BCUT2D eigenvalue weighted by Crippen LogP contribution is -2.01. The van der Waals surface area contributed by atoms with Gasteiger partial charge in [0.1, 0.15) is 11.6 Å². The number of hydrogen-bond donors (Lipinski definition) is 0. The largest absolute Gasteiger partial charge is 0.302 e. The number of benzene rings is 2. The number of nitrogens with zero attached hydrogens (tertiary/aromatic N) is 5. The lowest BCUT2D eigenvalue weighted by atomic mass is 10.2. The van der Waals surface area contributed by atoms with Gasteiger partial charge in [-0.05, 0) is 54.6 Å². The van der Waals surface area contributed by atoms with E-state index in [9.17, 15) is 10.1 Å². The Hall–Kier alpha value is -2.89. The van der Waals surface area contributed by atoms with Crippen LogP contribution in [0.3, 0.4) is 0 Å². The van der Waals surface area contributed by atoms with Gasteiger partial charge >= 0.3 is 0 Å². The molecule has 0 unspecified atom stereocenters. The van der Waals surface area contributed by atoms with Crippen LogP contribution in [0.1, 0.15) is 18.9 Å². The van der Waals surface area contributed by atoms with Gasteiger partial charge in [0.05, 0.1) is 4.92 Å². The van der Waals surface area contributed by atoms with Crippen LogP contribution in [-0.2, 0) is 6.54 Å². The fraction of sp³-hybridized carbons (Fsp3) is 0.167. The molecule has 0 atom stereocenters. The second-order valence-corrected chi connectivity index (χ2v) is 7.09. The zero-order valence-corrected chi connectivity index (χ0v) is 15.9. The molecule has 0 spiro atoms. The molecule has 0 bridgehead atoms. The second kappa shape index (κ2) is 8.20. The Labute approximate surface area is 164 Å². The molecule has 0 aliphatic rings. The molecule has 27 heavy (non-hydrogen) atoms.